The van der Waals surface area contributed by atoms with Crippen LogP contribution < -0.4 is 4.74 Å². The summed E-state index contributed by atoms with van der Waals surface area (Å²) in [6.07, 6.45) is 0.00197. The van der Waals surface area contributed by atoms with Gasteiger partial charge < -0.3 is 14.0 Å². The van der Waals surface area contributed by atoms with Gasteiger partial charge >= 0.3 is 6.18 Å². The summed E-state index contributed by atoms with van der Waals surface area (Å²) < 4.78 is 73.2. The average Bonchev–Trinajstić information content (AvgIpc) is 3.17. The average molecular weight is 576 g/mol. The van der Waals surface area contributed by atoms with Crippen LogP contribution in [0.15, 0.2) is 23.2 Å². The Labute approximate surface area is 233 Å². The van der Waals surface area contributed by atoms with Crippen molar-refractivity contribution in [2.45, 2.75) is 123 Å². The number of benzene rings is 1. The fraction of sp³-hybridized carbons (Fsp3) is 0.767. The van der Waals surface area contributed by atoms with Crippen LogP contribution in [0.4, 0.5) is 13.2 Å². The van der Waals surface area contributed by atoms with Crippen molar-refractivity contribution in [2.75, 3.05) is 19.8 Å². The Morgan fingerprint density at radius 1 is 1.05 bits per heavy atom. The van der Waals surface area contributed by atoms with E-state index in [9.17, 15) is 17.7 Å². The standard InChI is InChI=1S/C30H49F3NO4P/c1-22(2)13-11-10-12-18-36-26-15-14-24(19-25(26)30(31,32)33)16-17-29(20-37-23(3)34-29)21-38-39(35,27(4,5)6)28(7,8)9/h14-15,19,22H,10-13,16-18,20-21H2,1-9H3. The van der Waals surface area contributed by atoms with Gasteiger partial charge in [0.1, 0.15) is 17.9 Å². The Morgan fingerprint density at radius 3 is 2.21 bits per heavy atom. The van der Waals surface area contributed by atoms with Crippen molar-refractivity contribution in [1.82, 2.24) is 0 Å². The Balaban J connectivity index is 2.16. The molecule has 1 aliphatic rings. The highest BCUT2D eigenvalue weighted by Crippen LogP contribution is 2.67. The molecule has 1 aromatic carbocycles. The normalized spacial score (nSPS) is 18.8. The molecule has 1 aliphatic heterocycles. The number of rotatable bonds is 13. The molecule has 39 heavy (non-hydrogen) atoms. The molecule has 1 atom stereocenters. The van der Waals surface area contributed by atoms with Gasteiger partial charge in [-0.15, -0.1) is 0 Å². The number of aliphatic imine (C=N–C) groups is 1. The molecule has 5 nitrogen and oxygen atoms in total. The molecule has 0 saturated heterocycles. The predicted molar refractivity (Wildman–Crippen MR) is 153 cm³/mol. The Hall–Kier alpha value is -1.53. The maximum atomic E-state index is 14.0. The molecule has 0 fully saturated rings. The SMILES string of the molecule is CC1=NC(CCc2ccc(OCCCCCC(C)C)c(C(F)(F)F)c2)(COP(=O)(C(C)(C)C)C(C)(C)C)CO1. The van der Waals surface area contributed by atoms with Crippen LogP contribution in [0.2, 0.25) is 0 Å². The Kier molecular flexibility index (Phi) is 11.2. The third kappa shape index (κ3) is 9.24. The van der Waals surface area contributed by atoms with Crippen molar-refractivity contribution in [3.05, 3.63) is 29.3 Å². The lowest BCUT2D eigenvalue weighted by atomic mass is 9.93. The van der Waals surface area contributed by atoms with E-state index in [1.165, 1.54) is 12.1 Å². The second kappa shape index (κ2) is 13.0. The van der Waals surface area contributed by atoms with Gasteiger partial charge in [-0.3, -0.25) is 4.57 Å². The first-order valence-corrected chi connectivity index (χ1v) is 15.7. The quantitative estimate of drug-likeness (QED) is 0.174. The third-order valence-corrected chi connectivity index (χ3v) is 11.2. The number of hydrogen-bond donors (Lipinski definition) is 0. The molecule has 0 aliphatic carbocycles. The summed E-state index contributed by atoms with van der Waals surface area (Å²) in [5.74, 6) is 0.975. The van der Waals surface area contributed by atoms with E-state index in [2.05, 4.69) is 18.8 Å². The van der Waals surface area contributed by atoms with E-state index in [0.717, 1.165) is 25.7 Å². The zero-order chi connectivity index (χ0) is 29.7. The molecule has 1 heterocycles. The highest BCUT2D eigenvalue weighted by Gasteiger charge is 2.50. The Morgan fingerprint density at radius 2 is 1.69 bits per heavy atom. The summed E-state index contributed by atoms with van der Waals surface area (Å²) in [6, 6.07) is 4.27. The summed E-state index contributed by atoms with van der Waals surface area (Å²) >= 11 is 0. The van der Waals surface area contributed by atoms with E-state index in [1.807, 2.05) is 41.5 Å². The van der Waals surface area contributed by atoms with Crippen molar-refractivity contribution in [3.8, 4) is 5.75 Å². The molecule has 0 amide bonds. The van der Waals surface area contributed by atoms with Gasteiger partial charge in [-0.2, -0.15) is 13.2 Å². The molecule has 0 bridgehead atoms. The van der Waals surface area contributed by atoms with Crippen LogP contribution >= 0.6 is 7.37 Å². The number of unbranched alkanes of at least 4 members (excludes halogenated alkanes) is 2. The highest BCUT2D eigenvalue weighted by atomic mass is 31.2. The number of halogens is 3. The van der Waals surface area contributed by atoms with E-state index in [4.69, 9.17) is 14.0 Å². The second-order valence-corrected chi connectivity index (χ2v) is 17.3. The molecule has 224 valence electrons. The number of aryl methyl sites for hydroxylation is 1. The lowest BCUT2D eigenvalue weighted by Gasteiger charge is -2.41. The van der Waals surface area contributed by atoms with E-state index in [-0.39, 0.29) is 25.6 Å². The summed E-state index contributed by atoms with van der Waals surface area (Å²) in [7, 11) is -3.15. The van der Waals surface area contributed by atoms with Gasteiger partial charge in [0, 0.05) is 17.2 Å². The molecule has 1 unspecified atom stereocenters. The summed E-state index contributed by atoms with van der Waals surface area (Å²) in [5, 5.41) is -1.17. The molecule has 0 aromatic heterocycles. The van der Waals surface area contributed by atoms with Crippen molar-refractivity contribution >= 4 is 13.3 Å². The van der Waals surface area contributed by atoms with Crippen LogP contribution in [-0.2, 0) is 26.4 Å². The van der Waals surface area contributed by atoms with E-state index in [0.29, 0.717) is 30.2 Å². The first-order chi connectivity index (χ1) is 17.8. The minimum Gasteiger partial charge on any atom is -0.493 e. The van der Waals surface area contributed by atoms with Gasteiger partial charge in [-0.05, 0) is 42.9 Å². The maximum Gasteiger partial charge on any atom is 0.419 e. The molecule has 0 N–H and O–H groups in total. The van der Waals surface area contributed by atoms with Gasteiger partial charge in [0.2, 0.25) is 7.37 Å². The van der Waals surface area contributed by atoms with Crippen molar-refractivity contribution < 1.29 is 31.7 Å². The van der Waals surface area contributed by atoms with Crippen LogP contribution in [0.25, 0.3) is 0 Å². The molecule has 1 aromatic rings. The van der Waals surface area contributed by atoms with Gasteiger partial charge in [0.25, 0.3) is 0 Å². The number of ether oxygens (including phenoxy) is 2. The second-order valence-electron chi connectivity index (χ2n) is 13.2. The zero-order valence-electron chi connectivity index (χ0n) is 25.3. The molecule has 2 rings (SSSR count). The van der Waals surface area contributed by atoms with E-state index < -0.39 is 35.0 Å². The van der Waals surface area contributed by atoms with Crippen LogP contribution in [-0.4, -0.2) is 41.6 Å². The number of alkyl halides is 3. The maximum absolute atomic E-state index is 14.0. The molecule has 0 saturated carbocycles. The smallest absolute Gasteiger partial charge is 0.419 e. The molecule has 0 spiro atoms. The first kappa shape index (κ1) is 33.7. The zero-order valence-corrected chi connectivity index (χ0v) is 26.2. The van der Waals surface area contributed by atoms with Crippen molar-refractivity contribution in [2.24, 2.45) is 10.9 Å². The van der Waals surface area contributed by atoms with Crippen LogP contribution in [0.5, 0.6) is 5.75 Å². The van der Waals surface area contributed by atoms with Gasteiger partial charge in [-0.25, -0.2) is 4.99 Å². The third-order valence-electron chi connectivity index (χ3n) is 7.14. The topological polar surface area (TPSA) is 57.1 Å². The number of hydrogen-bond acceptors (Lipinski definition) is 5. The summed E-state index contributed by atoms with van der Waals surface area (Å²) in [5.41, 5.74) is -1.06. The minimum atomic E-state index is -4.53. The van der Waals surface area contributed by atoms with Crippen LogP contribution in [0.1, 0.15) is 106 Å². The van der Waals surface area contributed by atoms with Crippen molar-refractivity contribution in [1.29, 1.82) is 0 Å². The van der Waals surface area contributed by atoms with Crippen LogP contribution in [0.3, 0.4) is 0 Å². The monoisotopic (exact) mass is 575 g/mol. The highest BCUT2D eigenvalue weighted by molar-refractivity contribution is 7.62. The lowest BCUT2D eigenvalue weighted by Crippen LogP contribution is -2.38. The van der Waals surface area contributed by atoms with E-state index >= 15 is 0 Å². The Bertz CT molecular complexity index is 1010. The van der Waals surface area contributed by atoms with Crippen molar-refractivity contribution in [3.63, 3.8) is 0 Å². The molecular formula is C30H49F3NO4P. The molecular weight excluding hydrogens is 526 g/mol. The first-order valence-electron chi connectivity index (χ1n) is 14.1. The van der Waals surface area contributed by atoms with E-state index in [1.54, 1.807) is 13.0 Å². The molecule has 9 heteroatoms. The van der Waals surface area contributed by atoms with Crippen LogP contribution in [0, 0.1) is 5.92 Å². The fourth-order valence-electron chi connectivity index (χ4n) is 4.99. The summed E-state index contributed by atoms with van der Waals surface area (Å²) in [4.78, 5) is 4.67. The molecule has 0 radical (unpaired) electrons. The van der Waals surface area contributed by atoms with Gasteiger partial charge in [-0.1, -0.05) is 80.7 Å². The largest absolute Gasteiger partial charge is 0.493 e. The fourth-order valence-corrected chi connectivity index (χ4v) is 8.20. The predicted octanol–water partition coefficient (Wildman–Crippen LogP) is 9.31. The van der Waals surface area contributed by atoms with Gasteiger partial charge in [0.05, 0.1) is 18.8 Å². The summed E-state index contributed by atoms with van der Waals surface area (Å²) in [6.45, 7) is 18.0. The lowest BCUT2D eigenvalue weighted by molar-refractivity contribution is -0.139. The van der Waals surface area contributed by atoms with Gasteiger partial charge in [0.15, 0.2) is 5.90 Å². The number of nitrogens with zero attached hydrogens (tertiary/aromatic N) is 1. The minimum absolute atomic E-state index is 0.0697.